The van der Waals surface area contributed by atoms with Gasteiger partial charge in [0.2, 0.25) is 0 Å². The van der Waals surface area contributed by atoms with E-state index in [-0.39, 0.29) is 13.2 Å². The van der Waals surface area contributed by atoms with Crippen molar-refractivity contribution in [2.75, 3.05) is 19.8 Å². The second kappa shape index (κ2) is 14.9. The lowest BCUT2D eigenvalue weighted by Crippen LogP contribution is -2.55. The molecule has 0 radical (unpaired) electrons. The van der Waals surface area contributed by atoms with Gasteiger partial charge in [-0.25, -0.2) is 0 Å². The first-order valence-corrected chi connectivity index (χ1v) is 10.4. The van der Waals surface area contributed by atoms with Crippen LogP contribution in [0.4, 0.5) is 0 Å². The number of aliphatic hydroxyl groups is 3. The van der Waals surface area contributed by atoms with Gasteiger partial charge in [-0.15, -0.1) is 0 Å². The minimum Gasteiger partial charge on any atom is -0.394 e. The van der Waals surface area contributed by atoms with E-state index in [0.717, 1.165) is 12.8 Å². The van der Waals surface area contributed by atoms with Crippen LogP contribution in [0, 0.1) is 0 Å². The van der Waals surface area contributed by atoms with Crippen LogP contribution in [0.1, 0.15) is 84.0 Å². The van der Waals surface area contributed by atoms with Crippen molar-refractivity contribution in [2.24, 2.45) is 0 Å². The lowest BCUT2D eigenvalue weighted by molar-refractivity contribution is -0.211. The van der Waals surface area contributed by atoms with Crippen molar-refractivity contribution < 1.29 is 24.8 Å². The molecule has 0 saturated carbocycles. The van der Waals surface area contributed by atoms with Crippen LogP contribution < -0.4 is 0 Å². The smallest absolute Gasteiger partial charge is 0.114 e. The molecule has 0 amide bonds. The van der Waals surface area contributed by atoms with Crippen molar-refractivity contribution in [1.82, 2.24) is 0 Å². The van der Waals surface area contributed by atoms with Gasteiger partial charge < -0.3 is 24.8 Å². The monoisotopic (exact) mass is 360 g/mol. The van der Waals surface area contributed by atoms with Gasteiger partial charge in [-0.05, 0) is 6.42 Å². The Bertz CT molecular complexity index is 298. The molecule has 3 N–H and O–H groups in total. The van der Waals surface area contributed by atoms with Crippen LogP contribution in [0.5, 0.6) is 0 Å². The van der Waals surface area contributed by atoms with Gasteiger partial charge in [0.1, 0.15) is 24.4 Å². The minimum atomic E-state index is -0.983. The highest BCUT2D eigenvalue weighted by Gasteiger charge is 2.39. The van der Waals surface area contributed by atoms with Crippen molar-refractivity contribution in [3.8, 4) is 0 Å². The van der Waals surface area contributed by atoms with Gasteiger partial charge in [0.05, 0.1) is 13.2 Å². The Morgan fingerprint density at radius 2 is 1.36 bits per heavy atom. The van der Waals surface area contributed by atoms with E-state index < -0.39 is 24.4 Å². The maximum absolute atomic E-state index is 9.96. The Labute approximate surface area is 153 Å². The third-order valence-electron chi connectivity index (χ3n) is 5.07. The van der Waals surface area contributed by atoms with Crippen LogP contribution in [-0.2, 0) is 9.47 Å². The Balaban J connectivity index is 1.92. The Morgan fingerprint density at radius 3 is 1.88 bits per heavy atom. The number of ether oxygens (including phenoxy) is 2. The fourth-order valence-electron chi connectivity index (χ4n) is 3.38. The lowest BCUT2D eigenvalue weighted by atomic mass is 10.0. The maximum atomic E-state index is 9.96. The quantitative estimate of drug-likeness (QED) is 0.391. The molecule has 0 bridgehead atoms. The maximum Gasteiger partial charge on any atom is 0.114 e. The molecule has 1 heterocycles. The molecule has 0 unspecified atom stereocenters. The number of aliphatic hydroxyl groups excluding tert-OH is 3. The van der Waals surface area contributed by atoms with Crippen LogP contribution in [0.15, 0.2) is 0 Å². The summed E-state index contributed by atoms with van der Waals surface area (Å²) in [5, 5.41) is 28.9. The number of hydrogen-bond acceptors (Lipinski definition) is 5. The van der Waals surface area contributed by atoms with E-state index in [4.69, 9.17) is 9.47 Å². The fraction of sp³-hybridized carbons (Fsp3) is 1.00. The zero-order valence-electron chi connectivity index (χ0n) is 16.1. The highest BCUT2D eigenvalue weighted by atomic mass is 16.6. The Morgan fingerprint density at radius 1 is 0.840 bits per heavy atom. The average Bonchev–Trinajstić information content (AvgIpc) is 2.62. The van der Waals surface area contributed by atoms with Crippen LogP contribution in [0.3, 0.4) is 0 Å². The molecule has 1 fully saturated rings. The van der Waals surface area contributed by atoms with E-state index in [9.17, 15) is 15.3 Å². The molecule has 0 aliphatic carbocycles. The van der Waals surface area contributed by atoms with E-state index in [2.05, 4.69) is 6.92 Å². The largest absolute Gasteiger partial charge is 0.394 e. The van der Waals surface area contributed by atoms with Gasteiger partial charge in [-0.1, -0.05) is 77.6 Å². The predicted octanol–water partition coefficient (Wildman–Crippen LogP) is 3.19. The Kier molecular flexibility index (Phi) is 13.6. The van der Waals surface area contributed by atoms with Gasteiger partial charge in [0.25, 0.3) is 0 Å². The summed E-state index contributed by atoms with van der Waals surface area (Å²) in [6, 6.07) is 0. The normalized spacial score (nSPS) is 26.9. The van der Waals surface area contributed by atoms with E-state index in [0.29, 0.717) is 6.61 Å². The summed E-state index contributed by atoms with van der Waals surface area (Å²) in [5.74, 6) is 0. The van der Waals surface area contributed by atoms with Crippen LogP contribution in [0.25, 0.3) is 0 Å². The molecule has 150 valence electrons. The van der Waals surface area contributed by atoms with Gasteiger partial charge in [0, 0.05) is 6.61 Å². The number of unbranched alkanes of at least 4 members (excludes halogenated alkanes) is 11. The SMILES string of the molecule is CCCCCCCCCCCCCCO[C@@H]1[C@@H](O)[C@H](O)CO[C@H]1CO. The molecular formula is C20H40O5. The number of rotatable bonds is 15. The first-order valence-electron chi connectivity index (χ1n) is 10.4. The number of hydrogen-bond donors (Lipinski definition) is 3. The molecule has 25 heavy (non-hydrogen) atoms. The molecule has 1 rings (SSSR count). The van der Waals surface area contributed by atoms with Gasteiger partial charge >= 0.3 is 0 Å². The molecule has 0 aromatic carbocycles. The van der Waals surface area contributed by atoms with Crippen molar-refractivity contribution in [2.45, 2.75) is 108 Å². The van der Waals surface area contributed by atoms with Crippen molar-refractivity contribution in [3.63, 3.8) is 0 Å². The van der Waals surface area contributed by atoms with Crippen molar-refractivity contribution in [3.05, 3.63) is 0 Å². The molecular weight excluding hydrogens is 320 g/mol. The third kappa shape index (κ3) is 9.90. The lowest BCUT2D eigenvalue weighted by Gasteiger charge is -2.37. The van der Waals surface area contributed by atoms with Crippen molar-refractivity contribution in [1.29, 1.82) is 0 Å². The van der Waals surface area contributed by atoms with Gasteiger partial charge in [-0.2, -0.15) is 0 Å². The molecule has 4 atom stereocenters. The van der Waals surface area contributed by atoms with Crippen LogP contribution >= 0.6 is 0 Å². The van der Waals surface area contributed by atoms with Crippen molar-refractivity contribution >= 4 is 0 Å². The minimum absolute atomic E-state index is 0.0465. The van der Waals surface area contributed by atoms with Crippen LogP contribution in [-0.4, -0.2) is 59.6 Å². The average molecular weight is 361 g/mol. The van der Waals surface area contributed by atoms with E-state index in [1.165, 1.54) is 64.2 Å². The fourth-order valence-corrected chi connectivity index (χ4v) is 3.38. The zero-order chi connectivity index (χ0) is 18.3. The molecule has 0 aromatic rings. The first-order chi connectivity index (χ1) is 12.2. The summed E-state index contributed by atoms with van der Waals surface area (Å²) in [6.45, 7) is 2.63. The van der Waals surface area contributed by atoms with Gasteiger partial charge in [-0.3, -0.25) is 0 Å². The third-order valence-corrected chi connectivity index (χ3v) is 5.07. The summed E-state index contributed by atoms with van der Waals surface area (Å²) < 4.78 is 11.0. The molecule has 5 nitrogen and oxygen atoms in total. The molecule has 1 saturated heterocycles. The second-order valence-electron chi connectivity index (χ2n) is 7.34. The molecule has 0 spiro atoms. The molecule has 1 aliphatic heterocycles. The van der Waals surface area contributed by atoms with Crippen LogP contribution in [0.2, 0.25) is 0 Å². The molecule has 5 heteroatoms. The van der Waals surface area contributed by atoms with E-state index in [1.54, 1.807) is 0 Å². The summed E-state index contributed by atoms with van der Waals surface area (Å²) in [5.41, 5.74) is 0. The highest BCUT2D eigenvalue weighted by Crippen LogP contribution is 2.19. The molecule has 1 aliphatic rings. The zero-order valence-corrected chi connectivity index (χ0v) is 16.1. The van der Waals surface area contributed by atoms with E-state index in [1.807, 2.05) is 0 Å². The summed E-state index contributed by atoms with van der Waals surface area (Å²) in [6.07, 6.45) is 12.4. The topological polar surface area (TPSA) is 79.2 Å². The second-order valence-corrected chi connectivity index (χ2v) is 7.34. The Hall–Kier alpha value is -0.200. The summed E-state index contributed by atoms with van der Waals surface area (Å²) >= 11 is 0. The molecule has 0 aromatic heterocycles. The standard InChI is InChI=1S/C20H40O5/c1-2-3-4-5-6-7-8-9-10-11-12-13-14-24-20-18(15-21)25-16-17(22)19(20)23/h17-23H,2-16H2,1H3/t17-,18+,19+,20+/m1/s1. The summed E-state index contributed by atoms with van der Waals surface area (Å²) in [4.78, 5) is 0. The summed E-state index contributed by atoms with van der Waals surface area (Å²) in [7, 11) is 0. The highest BCUT2D eigenvalue weighted by molar-refractivity contribution is 4.87. The van der Waals surface area contributed by atoms with Gasteiger partial charge in [0.15, 0.2) is 0 Å². The predicted molar refractivity (Wildman–Crippen MR) is 99.7 cm³/mol. The first kappa shape index (κ1) is 22.8. The van der Waals surface area contributed by atoms with E-state index >= 15 is 0 Å².